The van der Waals surface area contributed by atoms with Gasteiger partial charge in [-0.05, 0) is 52.6 Å². The third-order valence-electron chi connectivity index (χ3n) is 8.24. The van der Waals surface area contributed by atoms with Crippen LogP contribution in [0, 0.1) is 0 Å². The smallest absolute Gasteiger partial charge is 0.121 e. The zero-order chi connectivity index (χ0) is 24.4. The van der Waals surface area contributed by atoms with Crippen LogP contribution >= 0.6 is 0 Å². The lowest BCUT2D eigenvalue weighted by molar-refractivity contribution is -0.283. The van der Waals surface area contributed by atoms with Gasteiger partial charge in [-0.3, -0.25) is 19.6 Å². The summed E-state index contributed by atoms with van der Waals surface area (Å²) in [7, 11) is 0. The van der Waals surface area contributed by atoms with Gasteiger partial charge in [0.1, 0.15) is 11.4 Å². The molecule has 9 nitrogen and oxygen atoms in total. The fourth-order valence-corrected chi connectivity index (χ4v) is 6.00. The van der Waals surface area contributed by atoms with Crippen LogP contribution in [-0.4, -0.2) is 149 Å². The standard InChI is InChI=1S/C26H50N4O5/c1-25(29-13-21-33-22-14-29,5-3-7-27-9-17-31-18-10-27)35-26(2,30-15-23-34-24-16-30)6-4-8-28-11-19-32-20-12-28/h3-24H2,1-2H3. The first kappa shape index (κ1) is 27.7. The summed E-state index contributed by atoms with van der Waals surface area (Å²) < 4.78 is 29.8. The van der Waals surface area contributed by atoms with E-state index in [1.165, 1.54) is 0 Å². The van der Waals surface area contributed by atoms with E-state index in [0.29, 0.717) is 0 Å². The van der Waals surface area contributed by atoms with Gasteiger partial charge in [-0.2, -0.15) is 0 Å². The zero-order valence-electron chi connectivity index (χ0n) is 22.4. The molecule has 0 aliphatic carbocycles. The van der Waals surface area contributed by atoms with Crippen molar-refractivity contribution in [3.05, 3.63) is 0 Å². The minimum Gasteiger partial charge on any atom is -0.379 e. The molecule has 0 amide bonds. The van der Waals surface area contributed by atoms with Crippen molar-refractivity contribution in [2.45, 2.75) is 51.0 Å². The van der Waals surface area contributed by atoms with E-state index in [9.17, 15) is 0 Å². The second-order valence-corrected chi connectivity index (χ2v) is 10.8. The highest BCUT2D eigenvalue weighted by molar-refractivity contribution is 4.88. The molecule has 0 aromatic rings. The first-order valence-electron chi connectivity index (χ1n) is 14.0. The first-order valence-corrected chi connectivity index (χ1v) is 14.0. The van der Waals surface area contributed by atoms with Crippen LogP contribution in [0.15, 0.2) is 0 Å². The Hall–Kier alpha value is -0.360. The highest BCUT2D eigenvalue weighted by Crippen LogP contribution is 2.35. The number of nitrogens with zero attached hydrogens (tertiary/aromatic N) is 4. The molecule has 4 heterocycles. The maximum Gasteiger partial charge on any atom is 0.121 e. The lowest BCUT2D eigenvalue weighted by Crippen LogP contribution is -2.62. The SMILES string of the molecule is CC(CCCN1CCOCC1)(OC(C)(CCCN1CCOCC1)N1CCOCC1)N1CCOCC1. The average molecular weight is 499 g/mol. The second-order valence-electron chi connectivity index (χ2n) is 10.8. The van der Waals surface area contributed by atoms with E-state index in [0.717, 1.165) is 144 Å². The summed E-state index contributed by atoms with van der Waals surface area (Å²) in [4.78, 5) is 10.1. The summed E-state index contributed by atoms with van der Waals surface area (Å²) in [5.41, 5.74) is -0.635. The van der Waals surface area contributed by atoms with Crippen LogP contribution in [0.2, 0.25) is 0 Å². The van der Waals surface area contributed by atoms with E-state index in [-0.39, 0.29) is 11.4 Å². The fourth-order valence-electron chi connectivity index (χ4n) is 6.00. The summed E-state index contributed by atoms with van der Waals surface area (Å²) >= 11 is 0. The Balaban J connectivity index is 1.42. The van der Waals surface area contributed by atoms with Gasteiger partial charge in [-0.1, -0.05) is 0 Å². The van der Waals surface area contributed by atoms with Gasteiger partial charge in [-0.15, -0.1) is 0 Å². The predicted molar refractivity (Wildman–Crippen MR) is 136 cm³/mol. The van der Waals surface area contributed by atoms with Gasteiger partial charge in [0, 0.05) is 52.4 Å². The van der Waals surface area contributed by atoms with Crippen molar-refractivity contribution in [1.82, 2.24) is 19.6 Å². The molecule has 4 saturated heterocycles. The Labute approximate surface area is 212 Å². The third kappa shape index (κ3) is 8.32. The van der Waals surface area contributed by atoms with Crippen molar-refractivity contribution in [3.8, 4) is 0 Å². The second kappa shape index (κ2) is 14.0. The highest BCUT2D eigenvalue weighted by atomic mass is 16.6. The Kier molecular flexibility index (Phi) is 11.0. The van der Waals surface area contributed by atoms with Gasteiger partial charge in [0.15, 0.2) is 0 Å². The van der Waals surface area contributed by atoms with Crippen LogP contribution in [0.4, 0.5) is 0 Å². The first-order chi connectivity index (χ1) is 17.1. The number of ether oxygens (including phenoxy) is 5. The molecule has 204 valence electrons. The number of hydrogen-bond donors (Lipinski definition) is 0. The molecule has 0 N–H and O–H groups in total. The molecule has 35 heavy (non-hydrogen) atoms. The average Bonchev–Trinajstić information content (AvgIpc) is 2.91. The highest BCUT2D eigenvalue weighted by Gasteiger charge is 2.43. The maximum absolute atomic E-state index is 7.34. The molecule has 2 atom stereocenters. The largest absolute Gasteiger partial charge is 0.379 e. The number of morpholine rings is 4. The molecule has 4 aliphatic rings. The predicted octanol–water partition coefficient (Wildman–Crippen LogP) is 1.32. The van der Waals surface area contributed by atoms with Crippen LogP contribution in [0.5, 0.6) is 0 Å². The van der Waals surface area contributed by atoms with Crippen LogP contribution in [0.25, 0.3) is 0 Å². The molecule has 4 fully saturated rings. The summed E-state index contributed by atoms with van der Waals surface area (Å²) in [6, 6.07) is 0. The van der Waals surface area contributed by atoms with Gasteiger partial charge in [0.2, 0.25) is 0 Å². The Morgan fingerprint density at radius 2 is 0.829 bits per heavy atom. The number of rotatable bonds is 12. The lowest BCUT2D eigenvalue weighted by Gasteiger charge is -2.52. The maximum atomic E-state index is 7.34. The quantitative estimate of drug-likeness (QED) is 0.397. The summed E-state index contributed by atoms with van der Waals surface area (Å²) in [6.07, 6.45) is 4.29. The molecule has 4 aliphatic heterocycles. The fraction of sp³-hybridized carbons (Fsp3) is 1.00. The van der Waals surface area contributed by atoms with Crippen LogP contribution in [0.3, 0.4) is 0 Å². The van der Waals surface area contributed by atoms with Gasteiger partial charge in [0.25, 0.3) is 0 Å². The molecule has 0 saturated carbocycles. The van der Waals surface area contributed by atoms with Crippen molar-refractivity contribution < 1.29 is 23.7 Å². The Morgan fingerprint density at radius 3 is 1.17 bits per heavy atom. The van der Waals surface area contributed by atoms with Crippen molar-refractivity contribution in [2.24, 2.45) is 0 Å². The number of hydrogen-bond acceptors (Lipinski definition) is 9. The molecule has 0 radical (unpaired) electrons. The molecular weight excluding hydrogens is 448 g/mol. The summed E-state index contributed by atoms with van der Waals surface area (Å²) in [6.45, 7) is 21.4. The Bertz CT molecular complexity index is 542. The molecular formula is C26H50N4O5. The zero-order valence-corrected chi connectivity index (χ0v) is 22.4. The molecule has 2 unspecified atom stereocenters. The summed E-state index contributed by atoms with van der Waals surface area (Å²) in [5, 5.41) is 0. The van der Waals surface area contributed by atoms with Gasteiger partial charge in [0.05, 0.1) is 52.9 Å². The molecule has 0 spiro atoms. The van der Waals surface area contributed by atoms with E-state index in [4.69, 9.17) is 23.7 Å². The van der Waals surface area contributed by atoms with Gasteiger partial charge < -0.3 is 23.7 Å². The summed E-state index contributed by atoms with van der Waals surface area (Å²) in [5.74, 6) is 0. The normalized spacial score (nSPS) is 27.9. The van der Waals surface area contributed by atoms with Gasteiger partial charge in [-0.25, -0.2) is 0 Å². The van der Waals surface area contributed by atoms with E-state index < -0.39 is 0 Å². The van der Waals surface area contributed by atoms with Crippen molar-refractivity contribution in [1.29, 1.82) is 0 Å². The van der Waals surface area contributed by atoms with E-state index in [2.05, 4.69) is 33.4 Å². The molecule has 0 aromatic carbocycles. The molecule has 0 bridgehead atoms. The van der Waals surface area contributed by atoms with E-state index in [1.807, 2.05) is 0 Å². The van der Waals surface area contributed by atoms with Crippen molar-refractivity contribution in [3.63, 3.8) is 0 Å². The van der Waals surface area contributed by atoms with Crippen molar-refractivity contribution in [2.75, 3.05) is 118 Å². The molecule has 4 rings (SSSR count). The van der Waals surface area contributed by atoms with E-state index >= 15 is 0 Å². The minimum absolute atomic E-state index is 0.317. The van der Waals surface area contributed by atoms with Gasteiger partial charge >= 0.3 is 0 Å². The van der Waals surface area contributed by atoms with E-state index in [1.54, 1.807) is 0 Å². The molecule has 9 heteroatoms. The topological polar surface area (TPSA) is 59.1 Å². The van der Waals surface area contributed by atoms with Crippen LogP contribution < -0.4 is 0 Å². The van der Waals surface area contributed by atoms with Crippen LogP contribution in [-0.2, 0) is 23.7 Å². The Morgan fingerprint density at radius 1 is 0.514 bits per heavy atom. The molecule has 0 aromatic heterocycles. The third-order valence-corrected chi connectivity index (χ3v) is 8.24. The van der Waals surface area contributed by atoms with Crippen molar-refractivity contribution >= 4 is 0 Å². The lowest BCUT2D eigenvalue weighted by atomic mass is 10.0. The monoisotopic (exact) mass is 498 g/mol. The minimum atomic E-state index is -0.317. The van der Waals surface area contributed by atoms with Crippen LogP contribution in [0.1, 0.15) is 39.5 Å².